The number of nitrogens with two attached hydrogens (primary N) is 1. The van der Waals surface area contributed by atoms with E-state index in [4.69, 9.17) is 19.8 Å². The van der Waals surface area contributed by atoms with E-state index in [1.165, 1.54) is 0 Å². The van der Waals surface area contributed by atoms with Crippen LogP contribution in [0.25, 0.3) is 0 Å². The summed E-state index contributed by atoms with van der Waals surface area (Å²) < 4.78 is 18.4. The average molecular weight is 334 g/mol. The van der Waals surface area contributed by atoms with Crippen molar-refractivity contribution in [2.75, 3.05) is 13.2 Å². The Hall–Kier alpha value is -0.265. The first-order chi connectivity index (χ1) is 8.20. The molecule has 2 heterocycles. The predicted molar refractivity (Wildman–Crippen MR) is 75.7 cm³/mol. The van der Waals surface area contributed by atoms with Gasteiger partial charge < -0.3 is 19.8 Å². The Bertz CT molecular complexity index is 462. The predicted octanol–water partition coefficient (Wildman–Crippen LogP) is 1.39. The van der Waals surface area contributed by atoms with Gasteiger partial charge in [-0.3, -0.25) is 0 Å². The van der Waals surface area contributed by atoms with E-state index in [0.29, 0.717) is 13.2 Å². The molecular formula is C11H14BBrClNO3. The number of hydrogen-bond donors (Lipinski definition) is 1. The van der Waals surface area contributed by atoms with Crippen molar-refractivity contribution in [2.45, 2.75) is 19.1 Å². The molecule has 0 fully saturated rings. The van der Waals surface area contributed by atoms with Gasteiger partial charge in [-0.15, -0.1) is 12.4 Å². The smallest absolute Gasteiger partial charge is 0.491 e. The van der Waals surface area contributed by atoms with Crippen molar-refractivity contribution in [2.24, 2.45) is 5.73 Å². The van der Waals surface area contributed by atoms with E-state index in [-0.39, 0.29) is 31.7 Å². The van der Waals surface area contributed by atoms with Crippen LogP contribution in [0.15, 0.2) is 16.6 Å². The van der Waals surface area contributed by atoms with Crippen molar-refractivity contribution in [3.05, 3.63) is 22.2 Å². The van der Waals surface area contributed by atoms with Crippen molar-refractivity contribution in [1.82, 2.24) is 0 Å². The minimum Gasteiger partial charge on any atom is -0.491 e. The second-order valence-corrected chi connectivity index (χ2v) is 5.18. The highest BCUT2D eigenvalue weighted by molar-refractivity contribution is 9.10. The number of rotatable bonds is 1. The Kier molecular flexibility index (Phi) is 4.23. The molecule has 2 aliphatic rings. The molecule has 0 aliphatic carbocycles. The van der Waals surface area contributed by atoms with E-state index in [9.17, 15) is 0 Å². The van der Waals surface area contributed by atoms with Crippen molar-refractivity contribution in [3.8, 4) is 5.75 Å². The lowest BCUT2D eigenvalue weighted by molar-refractivity contribution is 0.101. The van der Waals surface area contributed by atoms with Gasteiger partial charge in [-0.1, -0.05) is 15.9 Å². The Morgan fingerprint density at radius 1 is 1.44 bits per heavy atom. The van der Waals surface area contributed by atoms with Gasteiger partial charge >= 0.3 is 7.12 Å². The molecule has 4 nitrogen and oxygen atoms in total. The first kappa shape index (κ1) is 14.2. The number of ether oxygens (including phenoxy) is 1. The third-order valence-corrected chi connectivity index (χ3v) is 3.77. The topological polar surface area (TPSA) is 53.7 Å². The molecular weight excluding hydrogens is 320 g/mol. The summed E-state index contributed by atoms with van der Waals surface area (Å²) in [5.41, 5.74) is 7.78. The monoisotopic (exact) mass is 333 g/mol. The molecule has 7 heteroatoms. The molecule has 0 amide bonds. The fraction of sp³-hybridized carbons (Fsp3) is 0.455. The summed E-state index contributed by atoms with van der Waals surface area (Å²) in [6.07, 6.45) is -0.117. The first-order valence-electron chi connectivity index (χ1n) is 5.66. The highest BCUT2D eigenvalue weighted by Gasteiger charge is 2.43. The first-order valence-corrected chi connectivity index (χ1v) is 6.46. The summed E-state index contributed by atoms with van der Waals surface area (Å²) in [6, 6.07) is 3.91. The zero-order chi connectivity index (χ0) is 12.0. The SMILES string of the molecule is CC1COc2ccc(Br)c3c2B(O1)OC3CN.Cl. The van der Waals surface area contributed by atoms with Crippen molar-refractivity contribution < 1.29 is 14.0 Å². The molecule has 2 aliphatic heterocycles. The van der Waals surface area contributed by atoms with E-state index in [1.807, 2.05) is 19.1 Å². The molecule has 1 aromatic carbocycles. The molecule has 98 valence electrons. The van der Waals surface area contributed by atoms with Crippen LogP contribution in [0.3, 0.4) is 0 Å². The summed E-state index contributed by atoms with van der Waals surface area (Å²) in [5.74, 6) is 0.841. The van der Waals surface area contributed by atoms with Crippen LogP contribution in [-0.2, 0) is 9.31 Å². The second kappa shape index (κ2) is 5.39. The van der Waals surface area contributed by atoms with E-state index in [2.05, 4.69) is 15.9 Å². The zero-order valence-electron chi connectivity index (χ0n) is 9.89. The molecule has 3 rings (SSSR count). The molecule has 18 heavy (non-hydrogen) atoms. The van der Waals surface area contributed by atoms with Crippen LogP contribution in [-0.4, -0.2) is 26.4 Å². The van der Waals surface area contributed by atoms with Gasteiger partial charge in [0.25, 0.3) is 0 Å². The normalized spacial score (nSPS) is 24.9. The number of hydrogen-bond acceptors (Lipinski definition) is 4. The lowest BCUT2D eigenvalue weighted by Gasteiger charge is -2.15. The average Bonchev–Trinajstić information content (AvgIpc) is 2.60. The van der Waals surface area contributed by atoms with Gasteiger partial charge in [0.05, 0.1) is 12.2 Å². The zero-order valence-corrected chi connectivity index (χ0v) is 12.3. The maximum absolute atomic E-state index is 5.84. The molecule has 1 aromatic rings. The maximum Gasteiger partial charge on any atom is 0.498 e. The lowest BCUT2D eigenvalue weighted by atomic mass is 9.77. The fourth-order valence-corrected chi connectivity index (χ4v) is 2.90. The van der Waals surface area contributed by atoms with Crippen molar-refractivity contribution in [1.29, 1.82) is 0 Å². The summed E-state index contributed by atoms with van der Waals surface area (Å²) in [7, 11) is -0.358. The molecule has 2 unspecified atom stereocenters. The summed E-state index contributed by atoms with van der Waals surface area (Å²) >= 11 is 3.54. The largest absolute Gasteiger partial charge is 0.498 e. The van der Waals surface area contributed by atoms with Crippen LogP contribution in [0.4, 0.5) is 0 Å². The van der Waals surface area contributed by atoms with Crippen LogP contribution in [0, 0.1) is 0 Å². The third kappa shape index (κ3) is 2.16. The van der Waals surface area contributed by atoms with Gasteiger partial charge in [0.1, 0.15) is 12.4 Å². The second-order valence-electron chi connectivity index (χ2n) is 4.32. The van der Waals surface area contributed by atoms with Gasteiger partial charge in [0.15, 0.2) is 0 Å². The van der Waals surface area contributed by atoms with Gasteiger partial charge in [0.2, 0.25) is 0 Å². The molecule has 0 radical (unpaired) electrons. The number of halogens is 2. The van der Waals surface area contributed by atoms with Crippen molar-refractivity contribution in [3.63, 3.8) is 0 Å². The van der Waals surface area contributed by atoms with E-state index >= 15 is 0 Å². The van der Waals surface area contributed by atoms with Crippen LogP contribution < -0.4 is 15.9 Å². The molecule has 0 saturated carbocycles. The Balaban J connectivity index is 0.00000120. The summed E-state index contributed by atoms with van der Waals surface area (Å²) in [5, 5.41) is 0. The lowest BCUT2D eigenvalue weighted by Crippen LogP contribution is -2.34. The molecule has 0 bridgehead atoms. The number of benzene rings is 1. The minimum atomic E-state index is -0.358. The maximum atomic E-state index is 5.84. The van der Waals surface area contributed by atoms with Crippen LogP contribution >= 0.6 is 28.3 Å². The van der Waals surface area contributed by atoms with Crippen LogP contribution in [0.5, 0.6) is 5.75 Å². The Labute approximate surface area is 121 Å². The molecule has 0 saturated heterocycles. The molecule has 2 atom stereocenters. The third-order valence-electron chi connectivity index (χ3n) is 3.08. The Morgan fingerprint density at radius 2 is 2.22 bits per heavy atom. The highest BCUT2D eigenvalue weighted by Crippen LogP contribution is 2.35. The summed E-state index contributed by atoms with van der Waals surface area (Å²) in [6.45, 7) is 2.95. The van der Waals surface area contributed by atoms with Gasteiger partial charge in [-0.05, 0) is 24.6 Å². The van der Waals surface area contributed by atoms with E-state index in [1.54, 1.807) is 0 Å². The quantitative estimate of drug-likeness (QED) is 0.789. The molecule has 0 aromatic heterocycles. The van der Waals surface area contributed by atoms with Gasteiger partial charge in [-0.2, -0.15) is 0 Å². The van der Waals surface area contributed by atoms with Crippen molar-refractivity contribution >= 4 is 40.9 Å². The van der Waals surface area contributed by atoms with E-state index in [0.717, 1.165) is 21.2 Å². The standard InChI is InChI=1S/C11H13BBrNO3.ClH/c1-6-5-15-8-3-2-7(13)10-9(4-14)17-12(16-6)11(8)10;/h2-3,6,9H,4-5,14H2,1H3;1H. The van der Waals surface area contributed by atoms with E-state index < -0.39 is 0 Å². The molecule has 2 N–H and O–H groups in total. The molecule has 0 spiro atoms. The fourth-order valence-electron chi connectivity index (χ4n) is 2.30. The van der Waals surface area contributed by atoms with Gasteiger partial charge in [0, 0.05) is 16.5 Å². The minimum absolute atomic E-state index is 0. The summed E-state index contributed by atoms with van der Waals surface area (Å²) in [4.78, 5) is 0. The van der Waals surface area contributed by atoms with Crippen LogP contribution in [0.1, 0.15) is 18.6 Å². The highest BCUT2D eigenvalue weighted by atomic mass is 79.9. The van der Waals surface area contributed by atoms with Crippen LogP contribution in [0.2, 0.25) is 0 Å². The van der Waals surface area contributed by atoms with Gasteiger partial charge in [-0.25, -0.2) is 0 Å². The Morgan fingerprint density at radius 3 is 2.94 bits per heavy atom.